The van der Waals surface area contributed by atoms with E-state index in [2.05, 4.69) is 21.5 Å². The second kappa shape index (κ2) is 13.1. The van der Waals surface area contributed by atoms with E-state index in [1.807, 2.05) is 42.5 Å². The highest BCUT2D eigenvalue weighted by Crippen LogP contribution is 2.25. The molecule has 1 aliphatic rings. The predicted octanol–water partition coefficient (Wildman–Crippen LogP) is 3.27. The Morgan fingerprint density at radius 2 is 1.63 bits per heavy atom. The molecule has 0 aliphatic carbocycles. The molecule has 12 heteroatoms. The zero-order chi connectivity index (χ0) is 29.7. The number of carbonyl (C=O) groups is 1. The van der Waals surface area contributed by atoms with Crippen molar-refractivity contribution in [1.82, 2.24) is 14.1 Å². The molecule has 0 amide bonds. The standard InChI is InChI=1S/C29H34N4O6S2/c1-21(2)30-41(38,39)28-6-4-5-25-12-9-24(20-27(25)28)8-7-23-10-13-26(14-11-23)31-15-17-32(18-16-31)33(40(36)37)22(3)19-29(34)35/h4-6,9-14,20-22,30H,15-19H2,1-3H3,(H,34,35)(H,36,37). The zero-order valence-corrected chi connectivity index (χ0v) is 24.8. The van der Waals surface area contributed by atoms with Gasteiger partial charge in [-0.1, -0.05) is 30.0 Å². The van der Waals surface area contributed by atoms with Crippen molar-refractivity contribution >= 4 is 43.7 Å². The van der Waals surface area contributed by atoms with Crippen LogP contribution in [0.5, 0.6) is 0 Å². The minimum Gasteiger partial charge on any atom is -0.481 e. The molecule has 10 nitrogen and oxygen atoms in total. The summed E-state index contributed by atoms with van der Waals surface area (Å²) < 4.78 is 51.2. The molecular formula is C29H34N4O6S2. The first kappa shape index (κ1) is 30.6. The fourth-order valence-corrected chi connectivity index (χ4v) is 7.06. The molecule has 218 valence electrons. The van der Waals surface area contributed by atoms with Crippen LogP contribution in [-0.4, -0.2) is 75.9 Å². The Morgan fingerprint density at radius 1 is 1.00 bits per heavy atom. The number of benzene rings is 3. The van der Waals surface area contributed by atoms with E-state index >= 15 is 0 Å². The number of hydrogen-bond donors (Lipinski definition) is 3. The van der Waals surface area contributed by atoms with Gasteiger partial charge in [-0.3, -0.25) is 9.35 Å². The van der Waals surface area contributed by atoms with E-state index in [4.69, 9.17) is 5.11 Å². The Balaban J connectivity index is 1.45. The van der Waals surface area contributed by atoms with E-state index in [9.17, 15) is 22.0 Å². The Labute approximate surface area is 243 Å². The second-order valence-corrected chi connectivity index (χ2v) is 12.7. The normalized spacial score (nSPS) is 16.0. The number of nitrogens with zero attached hydrogens (tertiary/aromatic N) is 3. The number of fused-ring (bicyclic) bond motifs is 1. The van der Waals surface area contributed by atoms with Gasteiger partial charge in [-0.05, 0) is 68.6 Å². The number of nitrogens with one attached hydrogen (secondary N) is 1. The highest BCUT2D eigenvalue weighted by atomic mass is 32.2. The average Bonchev–Trinajstić information content (AvgIpc) is 2.91. The maximum atomic E-state index is 12.9. The summed E-state index contributed by atoms with van der Waals surface area (Å²) in [6.07, 6.45) is -0.232. The molecule has 41 heavy (non-hydrogen) atoms. The summed E-state index contributed by atoms with van der Waals surface area (Å²) >= 11 is -2.31. The molecule has 1 saturated heterocycles. The largest absolute Gasteiger partial charge is 0.481 e. The number of sulfonamides is 1. The maximum absolute atomic E-state index is 12.9. The summed E-state index contributed by atoms with van der Waals surface area (Å²) in [7, 11) is -3.67. The van der Waals surface area contributed by atoms with E-state index in [1.165, 1.54) is 4.41 Å². The minimum absolute atomic E-state index is 0.224. The number of hydrazine groups is 1. The lowest BCUT2D eigenvalue weighted by molar-refractivity contribution is -0.139. The van der Waals surface area contributed by atoms with Crippen LogP contribution in [0, 0.1) is 11.8 Å². The molecule has 1 aliphatic heterocycles. The van der Waals surface area contributed by atoms with Crippen molar-refractivity contribution < 1.29 is 27.1 Å². The third-order valence-corrected chi connectivity index (χ3v) is 9.28. The third kappa shape index (κ3) is 7.71. The first-order chi connectivity index (χ1) is 19.4. The number of carboxylic acids is 1. The Bertz CT molecular complexity index is 1590. The van der Waals surface area contributed by atoms with Crippen molar-refractivity contribution in [2.45, 2.75) is 44.2 Å². The summed E-state index contributed by atoms with van der Waals surface area (Å²) in [6.45, 7) is 7.35. The summed E-state index contributed by atoms with van der Waals surface area (Å²) in [6, 6.07) is 17.7. The number of aliphatic carboxylic acids is 1. The fourth-order valence-electron chi connectivity index (χ4n) is 4.84. The van der Waals surface area contributed by atoms with Crippen molar-refractivity contribution in [3.8, 4) is 11.8 Å². The van der Waals surface area contributed by atoms with Crippen molar-refractivity contribution in [2.24, 2.45) is 0 Å². The van der Waals surface area contributed by atoms with Crippen LogP contribution in [0.15, 0.2) is 65.6 Å². The molecule has 2 unspecified atom stereocenters. The summed E-state index contributed by atoms with van der Waals surface area (Å²) in [5.41, 5.74) is 2.50. The first-order valence-electron chi connectivity index (χ1n) is 13.2. The van der Waals surface area contributed by atoms with E-state index < -0.39 is 33.3 Å². The van der Waals surface area contributed by atoms with Gasteiger partial charge in [-0.15, -0.1) is 4.41 Å². The fraction of sp³-hybridized carbons (Fsp3) is 0.345. The van der Waals surface area contributed by atoms with Gasteiger partial charge in [0.1, 0.15) is 0 Å². The number of rotatable bonds is 9. The zero-order valence-electron chi connectivity index (χ0n) is 23.1. The van der Waals surface area contributed by atoms with Gasteiger partial charge in [-0.2, -0.15) is 0 Å². The third-order valence-electron chi connectivity index (χ3n) is 6.65. The molecule has 1 heterocycles. The predicted molar refractivity (Wildman–Crippen MR) is 160 cm³/mol. The molecule has 4 rings (SSSR count). The van der Waals surface area contributed by atoms with Crippen molar-refractivity contribution in [2.75, 3.05) is 31.1 Å². The Hall–Kier alpha value is -3.31. The van der Waals surface area contributed by atoms with Gasteiger partial charge < -0.3 is 10.0 Å². The molecule has 0 radical (unpaired) electrons. The molecule has 1 fully saturated rings. The average molecular weight is 599 g/mol. The SMILES string of the molecule is CC(C)NS(=O)(=O)c1cccc2ccc(C#Cc3ccc(N4CCN(N(C(C)CC(=O)O)S(=O)O)CC4)cc3)cc12. The van der Waals surface area contributed by atoms with Crippen LogP contribution in [0.1, 0.15) is 38.3 Å². The highest BCUT2D eigenvalue weighted by molar-refractivity contribution is 7.89. The lowest BCUT2D eigenvalue weighted by Gasteiger charge is -2.41. The molecule has 3 N–H and O–H groups in total. The highest BCUT2D eigenvalue weighted by Gasteiger charge is 2.30. The molecule has 0 bridgehead atoms. The van der Waals surface area contributed by atoms with E-state index in [-0.39, 0.29) is 17.4 Å². The molecule has 0 saturated carbocycles. The van der Waals surface area contributed by atoms with Crippen molar-refractivity contribution in [3.05, 3.63) is 71.8 Å². The lowest BCUT2D eigenvalue weighted by Crippen LogP contribution is -2.57. The van der Waals surface area contributed by atoms with E-state index in [0.29, 0.717) is 37.1 Å². The van der Waals surface area contributed by atoms with E-state index in [0.717, 1.165) is 16.6 Å². The number of hydrogen-bond acceptors (Lipinski definition) is 6. The summed E-state index contributed by atoms with van der Waals surface area (Å²) in [4.78, 5) is 13.5. The van der Waals surface area contributed by atoms with Crippen LogP contribution in [0.3, 0.4) is 0 Å². The van der Waals surface area contributed by atoms with Gasteiger partial charge in [0.05, 0.1) is 11.3 Å². The van der Waals surface area contributed by atoms with Crippen LogP contribution in [0.2, 0.25) is 0 Å². The number of carboxylic acid groups (broad SMARTS) is 1. The summed E-state index contributed by atoms with van der Waals surface area (Å²) in [5, 5.41) is 12.2. The van der Waals surface area contributed by atoms with Gasteiger partial charge in [0.2, 0.25) is 21.3 Å². The lowest BCUT2D eigenvalue weighted by atomic mass is 10.1. The van der Waals surface area contributed by atoms with Crippen LogP contribution in [0.25, 0.3) is 10.8 Å². The molecule has 0 spiro atoms. The van der Waals surface area contributed by atoms with Gasteiger partial charge in [0, 0.05) is 60.5 Å². The van der Waals surface area contributed by atoms with Crippen LogP contribution in [0.4, 0.5) is 5.69 Å². The molecule has 2 atom stereocenters. The number of piperazine rings is 1. The van der Waals surface area contributed by atoms with Crippen LogP contribution in [-0.2, 0) is 26.1 Å². The second-order valence-electron chi connectivity index (χ2n) is 10.2. The van der Waals surface area contributed by atoms with E-state index in [1.54, 1.807) is 44.0 Å². The topological polar surface area (TPSA) is 130 Å². The monoisotopic (exact) mass is 598 g/mol. The molecule has 3 aromatic carbocycles. The van der Waals surface area contributed by atoms with Crippen molar-refractivity contribution in [3.63, 3.8) is 0 Å². The van der Waals surface area contributed by atoms with Crippen molar-refractivity contribution in [1.29, 1.82) is 0 Å². The number of anilines is 1. The molecular weight excluding hydrogens is 564 g/mol. The summed E-state index contributed by atoms with van der Waals surface area (Å²) in [5.74, 6) is 5.27. The molecule has 3 aromatic rings. The van der Waals surface area contributed by atoms with Crippen LogP contribution >= 0.6 is 0 Å². The van der Waals surface area contributed by atoms with Gasteiger partial charge >= 0.3 is 5.97 Å². The van der Waals surface area contributed by atoms with Gasteiger partial charge in [0.15, 0.2) is 0 Å². The van der Waals surface area contributed by atoms with Crippen LogP contribution < -0.4 is 9.62 Å². The van der Waals surface area contributed by atoms with Gasteiger partial charge in [-0.25, -0.2) is 22.4 Å². The smallest absolute Gasteiger partial charge is 0.305 e. The molecule has 0 aromatic heterocycles. The first-order valence-corrected chi connectivity index (χ1v) is 15.8. The Kier molecular flexibility index (Phi) is 9.80. The minimum atomic E-state index is -3.67. The quantitative estimate of drug-likeness (QED) is 0.253. The Morgan fingerprint density at radius 3 is 2.24 bits per heavy atom. The maximum Gasteiger partial charge on any atom is 0.305 e. The van der Waals surface area contributed by atoms with Gasteiger partial charge in [0.25, 0.3) is 0 Å².